The van der Waals surface area contributed by atoms with Gasteiger partial charge in [0.15, 0.2) is 9.77 Å². The third-order valence-electron chi connectivity index (χ3n) is 3.59. The maximum Gasteiger partial charge on any atom is 0.241 e. The Bertz CT molecular complexity index is 823. The smallest absolute Gasteiger partial charge is 0.241 e. The SMILES string of the molecule is CC(C)(C(=O)NCCSc1ccccc1)S(=O)(=O)c1ccc(Br)cn1. The quantitative estimate of drug-likeness (QED) is 0.525. The van der Waals surface area contributed by atoms with E-state index in [2.05, 4.69) is 26.2 Å². The highest BCUT2D eigenvalue weighted by Crippen LogP contribution is 2.25. The van der Waals surface area contributed by atoms with Gasteiger partial charge < -0.3 is 5.32 Å². The van der Waals surface area contributed by atoms with Crippen LogP contribution in [-0.4, -0.2) is 36.4 Å². The lowest BCUT2D eigenvalue weighted by atomic mass is 10.2. The van der Waals surface area contributed by atoms with Crippen LogP contribution in [0.5, 0.6) is 0 Å². The van der Waals surface area contributed by atoms with Gasteiger partial charge in [0.25, 0.3) is 0 Å². The summed E-state index contributed by atoms with van der Waals surface area (Å²) in [6, 6.07) is 12.8. The van der Waals surface area contributed by atoms with Gasteiger partial charge in [-0.2, -0.15) is 0 Å². The van der Waals surface area contributed by atoms with Crippen LogP contribution in [0, 0.1) is 0 Å². The number of pyridine rings is 1. The van der Waals surface area contributed by atoms with Crippen LogP contribution in [0.25, 0.3) is 0 Å². The molecule has 1 heterocycles. The van der Waals surface area contributed by atoms with Crippen molar-refractivity contribution in [2.24, 2.45) is 0 Å². The number of rotatable bonds is 7. The molecule has 0 fully saturated rings. The maximum atomic E-state index is 12.7. The van der Waals surface area contributed by atoms with E-state index < -0.39 is 20.5 Å². The van der Waals surface area contributed by atoms with E-state index in [1.807, 2.05) is 30.3 Å². The fourth-order valence-electron chi connectivity index (χ4n) is 1.97. The molecular formula is C17H19BrN2O3S2. The molecule has 1 amide bonds. The minimum Gasteiger partial charge on any atom is -0.354 e. The van der Waals surface area contributed by atoms with Gasteiger partial charge in [-0.25, -0.2) is 13.4 Å². The van der Waals surface area contributed by atoms with E-state index in [-0.39, 0.29) is 5.03 Å². The fraction of sp³-hybridized carbons (Fsp3) is 0.294. The molecule has 1 N–H and O–H groups in total. The van der Waals surface area contributed by atoms with Crippen LogP contribution in [0.3, 0.4) is 0 Å². The molecule has 0 atom stereocenters. The first-order chi connectivity index (χ1) is 11.7. The summed E-state index contributed by atoms with van der Waals surface area (Å²) < 4.78 is 24.5. The standard InChI is InChI=1S/C17H19BrN2O3S2/c1-17(2,25(22,23)15-9-8-13(18)12-20-15)16(21)19-10-11-24-14-6-4-3-5-7-14/h3-9,12H,10-11H2,1-2H3,(H,19,21). The molecule has 134 valence electrons. The highest BCUT2D eigenvalue weighted by atomic mass is 79.9. The zero-order valence-corrected chi connectivity index (χ0v) is 17.1. The van der Waals surface area contributed by atoms with E-state index in [9.17, 15) is 13.2 Å². The van der Waals surface area contributed by atoms with Gasteiger partial charge in [-0.3, -0.25) is 4.79 Å². The van der Waals surface area contributed by atoms with Crippen molar-refractivity contribution < 1.29 is 13.2 Å². The molecule has 1 aromatic heterocycles. The molecule has 25 heavy (non-hydrogen) atoms. The Balaban J connectivity index is 1.98. The number of carbonyl (C=O) groups is 1. The van der Waals surface area contributed by atoms with Gasteiger partial charge in [-0.1, -0.05) is 18.2 Å². The number of aromatic nitrogens is 1. The molecule has 0 aliphatic carbocycles. The average Bonchev–Trinajstić information content (AvgIpc) is 2.59. The van der Waals surface area contributed by atoms with Crippen molar-refractivity contribution in [3.8, 4) is 0 Å². The van der Waals surface area contributed by atoms with E-state index in [1.54, 1.807) is 17.8 Å². The highest BCUT2D eigenvalue weighted by Gasteiger charge is 2.43. The molecule has 2 rings (SSSR count). The summed E-state index contributed by atoms with van der Waals surface area (Å²) in [4.78, 5) is 17.4. The second-order valence-electron chi connectivity index (χ2n) is 5.75. The van der Waals surface area contributed by atoms with Crippen LogP contribution >= 0.6 is 27.7 Å². The average molecular weight is 443 g/mol. The van der Waals surface area contributed by atoms with Crippen molar-refractivity contribution >= 4 is 43.4 Å². The highest BCUT2D eigenvalue weighted by molar-refractivity contribution is 9.10. The van der Waals surface area contributed by atoms with Crippen LogP contribution in [0.2, 0.25) is 0 Å². The molecule has 8 heteroatoms. The first-order valence-corrected chi connectivity index (χ1v) is 10.8. The molecule has 0 spiro atoms. The number of benzene rings is 1. The maximum absolute atomic E-state index is 12.7. The predicted molar refractivity (Wildman–Crippen MR) is 103 cm³/mol. The third kappa shape index (κ3) is 4.83. The zero-order chi connectivity index (χ0) is 18.5. The van der Waals surface area contributed by atoms with Gasteiger partial charge in [0.05, 0.1) is 0 Å². The lowest BCUT2D eigenvalue weighted by molar-refractivity contribution is -0.122. The Morgan fingerprint density at radius 3 is 2.48 bits per heavy atom. The van der Waals surface area contributed by atoms with Gasteiger partial charge in [0.1, 0.15) is 0 Å². The van der Waals surface area contributed by atoms with Crippen molar-refractivity contribution in [3.05, 3.63) is 53.1 Å². The summed E-state index contributed by atoms with van der Waals surface area (Å²) in [5.74, 6) is 0.119. The number of sulfone groups is 1. The van der Waals surface area contributed by atoms with Crippen LogP contribution < -0.4 is 5.32 Å². The number of amides is 1. The number of nitrogens with one attached hydrogen (secondary N) is 1. The molecule has 5 nitrogen and oxygen atoms in total. The number of thioether (sulfide) groups is 1. The summed E-state index contributed by atoms with van der Waals surface area (Å²) in [7, 11) is -3.89. The van der Waals surface area contributed by atoms with Gasteiger partial charge >= 0.3 is 0 Å². The van der Waals surface area contributed by atoms with E-state index in [0.717, 1.165) is 4.90 Å². The van der Waals surface area contributed by atoms with Crippen molar-refractivity contribution in [2.75, 3.05) is 12.3 Å². The second-order valence-corrected chi connectivity index (χ2v) is 10.3. The summed E-state index contributed by atoms with van der Waals surface area (Å²) >= 11 is 4.81. The lowest BCUT2D eigenvalue weighted by Gasteiger charge is -2.23. The molecule has 0 unspecified atom stereocenters. The predicted octanol–water partition coefficient (Wildman–Crippen LogP) is 3.30. The largest absolute Gasteiger partial charge is 0.354 e. The van der Waals surface area contributed by atoms with Crippen LogP contribution in [-0.2, 0) is 14.6 Å². The molecule has 0 aliphatic heterocycles. The van der Waals surface area contributed by atoms with Crippen molar-refractivity contribution in [2.45, 2.75) is 28.5 Å². The molecule has 0 saturated carbocycles. The molecule has 0 bridgehead atoms. The molecule has 0 radical (unpaired) electrons. The molecule has 0 saturated heterocycles. The monoisotopic (exact) mass is 442 g/mol. The van der Waals surface area contributed by atoms with E-state index in [1.165, 1.54) is 26.1 Å². The van der Waals surface area contributed by atoms with Crippen LogP contribution in [0.4, 0.5) is 0 Å². The fourth-order valence-corrected chi connectivity index (χ4v) is 4.27. The number of carbonyl (C=O) groups excluding carboxylic acids is 1. The number of hydrogen-bond acceptors (Lipinski definition) is 5. The van der Waals surface area contributed by atoms with Gasteiger partial charge in [0, 0.05) is 27.9 Å². The van der Waals surface area contributed by atoms with Gasteiger partial charge in [-0.15, -0.1) is 11.8 Å². The normalized spacial score (nSPS) is 12.0. The first-order valence-electron chi connectivity index (χ1n) is 7.57. The van der Waals surface area contributed by atoms with Gasteiger partial charge in [0.2, 0.25) is 15.7 Å². The Hall–Kier alpha value is -1.38. The van der Waals surface area contributed by atoms with E-state index >= 15 is 0 Å². The zero-order valence-electron chi connectivity index (χ0n) is 13.9. The van der Waals surface area contributed by atoms with Gasteiger partial charge in [-0.05, 0) is 54.0 Å². The lowest BCUT2D eigenvalue weighted by Crippen LogP contribution is -2.48. The summed E-state index contributed by atoms with van der Waals surface area (Å²) in [6.07, 6.45) is 1.40. The summed E-state index contributed by atoms with van der Waals surface area (Å²) in [6.45, 7) is 3.17. The van der Waals surface area contributed by atoms with E-state index in [4.69, 9.17) is 0 Å². The molecule has 0 aliphatic rings. The summed E-state index contributed by atoms with van der Waals surface area (Å²) in [5.41, 5.74) is 0. The Kier molecular flexibility index (Phi) is 6.65. The second kappa shape index (κ2) is 8.33. The van der Waals surface area contributed by atoms with Crippen molar-refractivity contribution in [1.29, 1.82) is 0 Å². The molecule has 2 aromatic rings. The van der Waals surface area contributed by atoms with Crippen LogP contribution in [0.15, 0.2) is 63.1 Å². The van der Waals surface area contributed by atoms with Crippen molar-refractivity contribution in [1.82, 2.24) is 10.3 Å². The van der Waals surface area contributed by atoms with E-state index in [0.29, 0.717) is 16.8 Å². The Morgan fingerprint density at radius 2 is 1.88 bits per heavy atom. The Morgan fingerprint density at radius 1 is 1.20 bits per heavy atom. The minimum absolute atomic E-state index is 0.116. The Labute approximate surface area is 160 Å². The minimum atomic E-state index is -3.89. The first kappa shape index (κ1) is 19.9. The number of hydrogen-bond donors (Lipinski definition) is 1. The third-order valence-corrected chi connectivity index (χ3v) is 7.40. The molecule has 1 aromatic carbocycles. The van der Waals surface area contributed by atoms with Crippen LogP contribution in [0.1, 0.15) is 13.8 Å². The van der Waals surface area contributed by atoms with Crippen molar-refractivity contribution in [3.63, 3.8) is 0 Å². The number of nitrogens with zero attached hydrogens (tertiary/aromatic N) is 1. The topological polar surface area (TPSA) is 76.1 Å². The number of halogens is 1. The summed E-state index contributed by atoms with van der Waals surface area (Å²) in [5, 5.41) is 2.59. The molecular weight excluding hydrogens is 424 g/mol.